The van der Waals surface area contributed by atoms with Gasteiger partial charge in [-0.05, 0) is 44.0 Å². The van der Waals surface area contributed by atoms with Crippen LogP contribution in [0.4, 0.5) is 10.5 Å². The number of urea groups is 1. The third-order valence-electron chi connectivity index (χ3n) is 6.98. The van der Waals surface area contributed by atoms with Crippen LogP contribution in [-0.4, -0.2) is 79.5 Å². The molecule has 2 heterocycles. The molecule has 4 amide bonds. The van der Waals surface area contributed by atoms with Crippen LogP contribution in [-0.2, 0) is 9.59 Å². The summed E-state index contributed by atoms with van der Waals surface area (Å²) in [5.74, 6) is -0.362. The second-order valence-electron chi connectivity index (χ2n) is 9.20. The molecular formula is C24H34ClN5O3. The minimum atomic E-state index is -0.354. The van der Waals surface area contributed by atoms with Gasteiger partial charge in [0.25, 0.3) is 0 Å². The van der Waals surface area contributed by atoms with Crippen molar-refractivity contribution in [3.05, 3.63) is 29.3 Å². The Morgan fingerprint density at radius 2 is 1.88 bits per heavy atom. The molecule has 2 unspecified atom stereocenters. The van der Waals surface area contributed by atoms with Crippen molar-refractivity contribution in [2.24, 2.45) is 5.92 Å². The summed E-state index contributed by atoms with van der Waals surface area (Å²) in [6.07, 6.45) is 4.78. The molecule has 33 heavy (non-hydrogen) atoms. The summed E-state index contributed by atoms with van der Waals surface area (Å²) in [5.41, 5.74) is 1.16. The largest absolute Gasteiger partial charge is 0.369 e. The SMILES string of the molecule is O=C(CCN1C(=O)NC2CCCCC2C1=O)NCCCN1CCN(c2cccc(Cl)c2)CC1. The van der Waals surface area contributed by atoms with Gasteiger partial charge in [0, 0.05) is 62.4 Å². The van der Waals surface area contributed by atoms with E-state index in [1.165, 1.54) is 4.90 Å². The Morgan fingerprint density at radius 3 is 2.67 bits per heavy atom. The lowest BCUT2D eigenvalue weighted by atomic mass is 9.82. The Morgan fingerprint density at radius 1 is 1.09 bits per heavy atom. The Bertz CT molecular complexity index is 858. The van der Waals surface area contributed by atoms with E-state index in [0.717, 1.165) is 75.5 Å². The van der Waals surface area contributed by atoms with E-state index in [9.17, 15) is 14.4 Å². The molecule has 2 atom stereocenters. The Hall–Kier alpha value is -2.32. The first-order valence-electron chi connectivity index (χ1n) is 12.1. The van der Waals surface area contributed by atoms with Crippen LogP contribution in [0.2, 0.25) is 5.02 Å². The molecule has 1 aromatic rings. The zero-order valence-corrected chi connectivity index (χ0v) is 19.9. The van der Waals surface area contributed by atoms with E-state index < -0.39 is 0 Å². The van der Waals surface area contributed by atoms with Gasteiger partial charge in [0.15, 0.2) is 0 Å². The number of fused-ring (bicyclic) bond motifs is 1. The molecule has 1 saturated carbocycles. The predicted molar refractivity (Wildman–Crippen MR) is 128 cm³/mol. The first kappa shape index (κ1) is 23.8. The van der Waals surface area contributed by atoms with Crippen molar-refractivity contribution in [3.63, 3.8) is 0 Å². The number of amides is 4. The molecule has 8 nitrogen and oxygen atoms in total. The van der Waals surface area contributed by atoms with Crippen molar-refractivity contribution in [1.82, 2.24) is 20.4 Å². The van der Waals surface area contributed by atoms with Gasteiger partial charge in [-0.3, -0.25) is 19.4 Å². The number of halogens is 1. The first-order chi connectivity index (χ1) is 16.0. The van der Waals surface area contributed by atoms with E-state index in [4.69, 9.17) is 11.6 Å². The Balaban J connectivity index is 1.10. The molecule has 0 radical (unpaired) electrons. The minimum absolute atomic E-state index is 0.0313. The van der Waals surface area contributed by atoms with Gasteiger partial charge in [-0.25, -0.2) is 4.79 Å². The van der Waals surface area contributed by atoms with Crippen molar-refractivity contribution in [2.75, 3.05) is 50.7 Å². The molecule has 2 aliphatic heterocycles. The van der Waals surface area contributed by atoms with Crippen LogP contribution >= 0.6 is 11.6 Å². The van der Waals surface area contributed by atoms with E-state index >= 15 is 0 Å². The molecular weight excluding hydrogens is 442 g/mol. The molecule has 2 saturated heterocycles. The second kappa shape index (κ2) is 11.2. The smallest absolute Gasteiger partial charge is 0.324 e. The zero-order valence-electron chi connectivity index (χ0n) is 19.1. The number of nitrogens with zero attached hydrogens (tertiary/aromatic N) is 3. The molecule has 4 rings (SSSR count). The highest BCUT2D eigenvalue weighted by molar-refractivity contribution is 6.30. The maximum absolute atomic E-state index is 12.7. The summed E-state index contributed by atoms with van der Waals surface area (Å²) in [6.45, 7) is 5.55. The van der Waals surface area contributed by atoms with Crippen LogP contribution < -0.4 is 15.5 Å². The average Bonchev–Trinajstić information content (AvgIpc) is 2.82. The van der Waals surface area contributed by atoms with Gasteiger partial charge >= 0.3 is 6.03 Å². The van der Waals surface area contributed by atoms with E-state index in [2.05, 4.69) is 26.5 Å². The van der Waals surface area contributed by atoms with Crippen LogP contribution in [0, 0.1) is 5.92 Å². The molecule has 0 aromatic heterocycles. The number of piperazine rings is 1. The lowest BCUT2D eigenvalue weighted by molar-refractivity contribution is -0.136. The number of carbonyl (C=O) groups excluding carboxylic acids is 3. The number of carbonyl (C=O) groups is 3. The third-order valence-corrected chi connectivity index (χ3v) is 7.22. The molecule has 3 aliphatic rings. The van der Waals surface area contributed by atoms with Crippen molar-refractivity contribution < 1.29 is 14.4 Å². The summed E-state index contributed by atoms with van der Waals surface area (Å²) in [6, 6.07) is 7.57. The van der Waals surface area contributed by atoms with Gasteiger partial charge in [-0.2, -0.15) is 0 Å². The lowest BCUT2D eigenvalue weighted by Crippen LogP contribution is -2.61. The average molecular weight is 476 g/mol. The summed E-state index contributed by atoms with van der Waals surface area (Å²) >= 11 is 6.10. The molecule has 3 fully saturated rings. The van der Waals surface area contributed by atoms with Crippen molar-refractivity contribution in [2.45, 2.75) is 44.6 Å². The van der Waals surface area contributed by atoms with Crippen LogP contribution in [0.5, 0.6) is 0 Å². The molecule has 0 bridgehead atoms. The monoisotopic (exact) mass is 475 g/mol. The van der Waals surface area contributed by atoms with Crippen LogP contribution in [0.25, 0.3) is 0 Å². The van der Waals surface area contributed by atoms with Gasteiger partial charge in [0.2, 0.25) is 11.8 Å². The first-order valence-corrected chi connectivity index (χ1v) is 12.5. The van der Waals surface area contributed by atoms with Crippen molar-refractivity contribution in [3.8, 4) is 0 Å². The number of imide groups is 1. The van der Waals surface area contributed by atoms with Crippen LogP contribution in [0.3, 0.4) is 0 Å². The number of benzene rings is 1. The maximum atomic E-state index is 12.7. The predicted octanol–water partition coefficient (Wildman–Crippen LogP) is 2.47. The van der Waals surface area contributed by atoms with Gasteiger partial charge in [-0.1, -0.05) is 30.5 Å². The second-order valence-corrected chi connectivity index (χ2v) is 9.64. The van der Waals surface area contributed by atoms with E-state index in [-0.39, 0.29) is 42.8 Å². The summed E-state index contributed by atoms with van der Waals surface area (Å²) in [7, 11) is 0. The standard InChI is InChI=1S/C24H34ClN5O3/c25-18-5-3-6-19(17-18)29-15-13-28(14-16-29)11-4-10-26-22(31)9-12-30-23(32)20-7-1-2-8-21(20)27-24(30)33/h3,5-6,17,20-21H,1-2,4,7-16H2,(H,26,31)(H,27,33). The quantitative estimate of drug-likeness (QED) is 0.564. The number of hydrogen-bond acceptors (Lipinski definition) is 5. The topological polar surface area (TPSA) is 85.0 Å². The maximum Gasteiger partial charge on any atom is 0.324 e. The van der Waals surface area contributed by atoms with E-state index in [1.54, 1.807) is 0 Å². The minimum Gasteiger partial charge on any atom is -0.369 e. The molecule has 2 N–H and O–H groups in total. The summed E-state index contributed by atoms with van der Waals surface area (Å²) < 4.78 is 0. The van der Waals surface area contributed by atoms with E-state index in [0.29, 0.717) is 6.54 Å². The fraction of sp³-hybridized carbons (Fsp3) is 0.625. The fourth-order valence-electron chi connectivity index (χ4n) is 5.08. The number of anilines is 1. The highest BCUT2D eigenvalue weighted by Gasteiger charge is 2.41. The van der Waals surface area contributed by atoms with Gasteiger partial charge in [0.1, 0.15) is 0 Å². The molecule has 1 aliphatic carbocycles. The zero-order chi connectivity index (χ0) is 23.2. The van der Waals surface area contributed by atoms with Gasteiger partial charge in [-0.15, -0.1) is 0 Å². The van der Waals surface area contributed by atoms with Gasteiger partial charge in [0.05, 0.1) is 5.92 Å². The number of nitrogens with one attached hydrogen (secondary N) is 2. The van der Waals surface area contributed by atoms with E-state index in [1.807, 2.05) is 18.2 Å². The molecule has 180 valence electrons. The summed E-state index contributed by atoms with van der Waals surface area (Å²) in [4.78, 5) is 43.2. The third kappa shape index (κ3) is 6.18. The van der Waals surface area contributed by atoms with Crippen LogP contribution in [0.1, 0.15) is 38.5 Å². The fourth-order valence-corrected chi connectivity index (χ4v) is 5.27. The normalized spacial score (nSPS) is 23.8. The van der Waals surface area contributed by atoms with Crippen LogP contribution in [0.15, 0.2) is 24.3 Å². The van der Waals surface area contributed by atoms with Crippen molar-refractivity contribution in [1.29, 1.82) is 0 Å². The number of rotatable bonds is 8. The van der Waals surface area contributed by atoms with Crippen molar-refractivity contribution >= 4 is 35.1 Å². The molecule has 9 heteroatoms. The lowest BCUT2D eigenvalue weighted by Gasteiger charge is -2.39. The number of hydrogen-bond donors (Lipinski definition) is 2. The Kier molecular flexibility index (Phi) is 8.09. The summed E-state index contributed by atoms with van der Waals surface area (Å²) in [5, 5.41) is 6.63. The molecule has 0 spiro atoms. The Labute approximate surface area is 200 Å². The molecule has 1 aromatic carbocycles. The highest BCUT2D eigenvalue weighted by Crippen LogP contribution is 2.29. The highest BCUT2D eigenvalue weighted by atomic mass is 35.5. The van der Waals surface area contributed by atoms with Gasteiger partial charge < -0.3 is 15.5 Å².